The van der Waals surface area contributed by atoms with Crippen LogP contribution in [0.25, 0.3) is 0 Å². The van der Waals surface area contributed by atoms with E-state index in [0.29, 0.717) is 5.56 Å². The first-order valence-corrected chi connectivity index (χ1v) is 5.85. The Balaban J connectivity index is 2.86. The number of carbonyl (C=O) groups is 2. The lowest BCUT2D eigenvalue weighted by atomic mass is 10.0. The Morgan fingerprint density at radius 1 is 1.17 bits per heavy atom. The van der Waals surface area contributed by atoms with E-state index in [0.717, 1.165) is 0 Å². The van der Waals surface area contributed by atoms with E-state index in [1.54, 1.807) is 30.3 Å². The van der Waals surface area contributed by atoms with Crippen molar-refractivity contribution in [2.75, 3.05) is 0 Å². The Hall–Kier alpha value is -1.30. The Morgan fingerprint density at radius 2 is 1.72 bits per heavy atom. The quantitative estimate of drug-likeness (QED) is 0.709. The summed E-state index contributed by atoms with van der Waals surface area (Å²) in [6.07, 6.45) is -1.39. The Kier molecular flexibility index (Phi) is 5.40. The van der Waals surface area contributed by atoms with E-state index in [1.807, 2.05) is 0 Å². The maximum absolute atomic E-state index is 11.2. The molecule has 0 aliphatic carbocycles. The van der Waals surface area contributed by atoms with Crippen molar-refractivity contribution in [3.63, 3.8) is 0 Å². The van der Waals surface area contributed by atoms with Gasteiger partial charge >= 0.3 is 5.97 Å². The Bertz CT molecular complexity index is 424. The smallest absolute Gasteiger partial charge is 0.329 e. The van der Waals surface area contributed by atoms with Gasteiger partial charge in [-0.05, 0) is 5.56 Å². The molecule has 0 aliphatic heterocycles. The van der Waals surface area contributed by atoms with Crippen LogP contribution in [0, 0.1) is 0 Å². The second kappa shape index (κ2) is 6.58. The topological polar surface area (TPSA) is 86.6 Å². The zero-order chi connectivity index (χ0) is 13.7. The third-order valence-electron chi connectivity index (χ3n) is 2.22. The fourth-order valence-electron chi connectivity index (χ4n) is 1.33. The lowest BCUT2D eigenvalue weighted by molar-refractivity contribution is -0.145. The number of aliphatic hydroxyl groups is 1. The summed E-state index contributed by atoms with van der Waals surface area (Å²) in [5.41, 5.74) is 0.367. The third-order valence-corrected chi connectivity index (χ3v) is 2.62. The normalized spacial score (nSPS) is 14.0. The highest BCUT2D eigenvalue weighted by Gasteiger charge is 2.30. The number of carbonyl (C=O) groups excluding carboxylic acids is 1. The molecule has 5 nitrogen and oxygen atoms in total. The molecule has 18 heavy (non-hydrogen) atoms. The van der Waals surface area contributed by atoms with Gasteiger partial charge in [-0.1, -0.05) is 53.5 Å². The standard InChI is InChI=1S/C11H11Cl2NO4/c12-9(13)10(16)14-7(11(17)18)8(15)6-4-2-1-3-5-6/h1-5,7-9,15H,(H,14,16)(H,17,18)/t7-,8-/m0/s1. The van der Waals surface area contributed by atoms with Gasteiger partial charge in [0.15, 0.2) is 10.9 Å². The summed E-state index contributed by atoms with van der Waals surface area (Å²) in [5.74, 6) is -2.26. The molecule has 0 spiro atoms. The summed E-state index contributed by atoms with van der Waals surface area (Å²) >= 11 is 10.6. The molecule has 1 rings (SSSR count). The van der Waals surface area contributed by atoms with Crippen molar-refractivity contribution in [3.05, 3.63) is 35.9 Å². The highest BCUT2D eigenvalue weighted by Crippen LogP contribution is 2.17. The first-order valence-electron chi connectivity index (χ1n) is 4.98. The molecule has 0 saturated heterocycles. The fraction of sp³-hybridized carbons (Fsp3) is 0.273. The molecule has 3 N–H and O–H groups in total. The van der Waals surface area contributed by atoms with E-state index in [-0.39, 0.29) is 0 Å². The van der Waals surface area contributed by atoms with Crippen LogP contribution in [0.3, 0.4) is 0 Å². The number of carboxylic acids is 1. The van der Waals surface area contributed by atoms with Crippen LogP contribution in [-0.4, -0.2) is 33.0 Å². The minimum Gasteiger partial charge on any atom is -0.480 e. The van der Waals surface area contributed by atoms with E-state index in [4.69, 9.17) is 28.3 Å². The number of rotatable bonds is 5. The van der Waals surface area contributed by atoms with Gasteiger partial charge in [0.2, 0.25) is 0 Å². The van der Waals surface area contributed by atoms with Gasteiger partial charge in [0.05, 0.1) is 0 Å². The maximum atomic E-state index is 11.2. The number of benzene rings is 1. The highest BCUT2D eigenvalue weighted by molar-refractivity contribution is 6.53. The zero-order valence-electron chi connectivity index (χ0n) is 9.09. The summed E-state index contributed by atoms with van der Waals surface area (Å²) in [7, 11) is 0. The third kappa shape index (κ3) is 3.87. The van der Waals surface area contributed by atoms with Crippen LogP contribution in [-0.2, 0) is 9.59 Å². The molecule has 0 saturated carbocycles. The molecular weight excluding hydrogens is 281 g/mol. The predicted molar refractivity (Wildman–Crippen MR) is 66.5 cm³/mol. The lowest BCUT2D eigenvalue weighted by Crippen LogP contribution is -2.46. The zero-order valence-corrected chi connectivity index (χ0v) is 10.6. The second-order valence-electron chi connectivity index (χ2n) is 3.48. The number of hydrogen-bond acceptors (Lipinski definition) is 3. The van der Waals surface area contributed by atoms with Crippen molar-refractivity contribution in [1.82, 2.24) is 5.32 Å². The number of alkyl halides is 2. The molecule has 7 heteroatoms. The largest absolute Gasteiger partial charge is 0.480 e. The highest BCUT2D eigenvalue weighted by atomic mass is 35.5. The summed E-state index contributed by atoms with van der Waals surface area (Å²) in [6.45, 7) is 0. The van der Waals surface area contributed by atoms with Crippen LogP contribution in [0.15, 0.2) is 30.3 Å². The predicted octanol–water partition coefficient (Wildman–Crippen LogP) is 1.09. The molecule has 1 amide bonds. The summed E-state index contributed by atoms with van der Waals surface area (Å²) in [6, 6.07) is 6.59. The molecule has 0 fully saturated rings. The molecule has 1 aromatic rings. The van der Waals surface area contributed by atoms with Crippen molar-refractivity contribution < 1.29 is 19.8 Å². The summed E-state index contributed by atoms with van der Waals surface area (Å²) < 4.78 is 0. The molecule has 2 atom stereocenters. The van der Waals surface area contributed by atoms with E-state index < -0.39 is 28.9 Å². The molecule has 0 aromatic heterocycles. The van der Waals surface area contributed by atoms with Gasteiger partial charge < -0.3 is 15.5 Å². The van der Waals surface area contributed by atoms with Gasteiger partial charge in [0, 0.05) is 0 Å². The van der Waals surface area contributed by atoms with Crippen molar-refractivity contribution in [2.45, 2.75) is 17.0 Å². The minimum absolute atomic E-state index is 0.367. The molecule has 0 aliphatic rings. The van der Waals surface area contributed by atoms with Gasteiger partial charge in [0.25, 0.3) is 5.91 Å². The minimum atomic E-state index is -1.51. The SMILES string of the molecule is O=C(N[C@H](C(=O)O)[C@@H](O)c1ccccc1)C(Cl)Cl. The van der Waals surface area contributed by atoms with Gasteiger partial charge in [0.1, 0.15) is 6.10 Å². The van der Waals surface area contributed by atoms with Gasteiger partial charge in [-0.15, -0.1) is 0 Å². The monoisotopic (exact) mass is 291 g/mol. The average molecular weight is 292 g/mol. The van der Waals surface area contributed by atoms with Crippen LogP contribution >= 0.6 is 23.2 Å². The number of aliphatic hydroxyl groups excluding tert-OH is 1. The van der Waals surface area contributed by atoms with Gasteiger partial charge in [-0.3, -0.25) is 4.79 Å². The van der Waals surface area contributed by atoms with E-state index in [2.05, 4.69) is 5.32 Å². The summed E-state index contributed by atoms with van der Waals surface area (Å²) in [5, 5.41) is 20.9. The van der Waals surface area contributed by atoms with Crippen molar-refractivity contribution in [1.29, 1.82) is 0 Å². The van der Waals surface area contributed by atoms with Crippen LogP contribution in [0.5, 0.6) is 0 Å². The molecule has 0 heterocycles. The van der Waals surface area contributed by atoms with Gasteiger partial charge in [-0.25, -0.2) is 4.79 Å². The number of nitrogens with one attached hydrogen (secondary N) is 1. The maximum Gasteiger partial charge on any atom is 0.329 e. The number of halogens is 2. The number of amides is 1. The van der Waals surface area contributed by atoms with Crippen LogP contribution in [0.1, 0.15) is 11.7 Å². The van der Waals surface area contributed by atoms with E-state index >= 15 is 0 Å². The van der Waals surface area contributed by atoms with Crippen molar-refractivity contribution in [3.8, 4) is 0 Å². The summed E-state index contributed by atoms with van der Waals surface area (Å²) in [4.78, 5) is 20.9. The van der Waals surface area contributed by atoms with Crippen LogP contribution in [0.4, 0.5) is 0 Å². The second-order valence-corrected chi connectivity index (χ2v) is 4.58. The fourth-order valence-corrected chi connectivity index (χ4v) is 1.46. The Labute approximate surface area is 113 Å². The molecule has 98 valence electrons. The van der Waals surface area contributed by atoms with Crippen LogP contribution in [0.2, 0.25) is 0 Å². The molecule has 0 unspecified atom stereocenters. The number of aliphatic carboxylic acids is 1. The first-order chi connectivity index (χ1) is 8.43. The molecule has 0 bridgehead atoms. The van der Waals surface area contributed by atoms with E-state index in [9.17, 15) is 14.7 Å². The van der Waals surface area contributed by atoms with Gasteiger partial charge in [-0.2, -0.15) is 0 Å². The Morgan fingerprint density at radius 3 is 2.17 bits per heavy atom. The van der Waals surface area contributed by atoms with Crippen molar-refractivity contribution in [2.24, 2.45) is 0 Å². The number of carboxylic acid groups (broad SMARTS) is 1. The molecule has 1 aromatic carbocycles. The van der Waals surface area contributed by atoms with Crippen LogP contribution < -0.4 is 5.32 Å². The van der Waals surface area contributed by atoms with Crippen molar-refractivity contribution >= 4 is 35.1 Å². The molecular formula is C11H11Cl2NO4. The average Bonchev–Trinajstić information content (AvgIpc) is 2.35. The lowest BCUT2D eigenvalue weighted by Gasteiger charge is -2.20. The number of hydrogen-bond donors (Lipinski definition) is 3. The molecule has 0 radical (unpaired) electrons. The first kappa shape index (κ1) is 14.8. The van der Waals surface area contributed by atoms with E-state index in [1.165, 1.54) is 0 Å².